The lowest BCUT2D eigenvalue weighted by Gasteiger charge is -2.17. The van der Waals surface area contributed by atoms with Gasteiger partial charge in [0.15, 0.2) is 0 Å². The molecule has 0 radical (unpaired) electrons. The number of para-hydroxylation sites is 1. The number of nitrogens with one attached hydrogen (secondary N) is 1. The van der Waals surface area contributed by atoms with Gasteiger partial charge in [-0.05, 0) is 30.5 Å². The predicted molar refractivity (Wildman–Crippen MR) is 79.4 cm³/mol. The lowest BCUT2D eigenvalue weighted by molar-refractivity contribution is 0.419. The molecular formula is C17H15NO2. The minimum Gasteiger partial charge on any atom is -0.508 e. The van der Waals surface area contributed by atoms with Crippen LogP contribution < -0.4 is 4.74 Å². The van der Waals surface area contributed by atoms with Crippen LogP contribution in [-0.4, -0.2) is 17.2 Å². The van der Waals surface area contributed by atoms with Crippen molar-refractivity contribution in [2.75, 3.05) is 7.11 Å². The van der Waals surface area contributed by atoms with E-state index in [0.717, 1.165) is 40.9 Å². The van der Waals surface area contributed by atoms with Crippen LogP contribution in [0.15, 0.2) is 36.4 Å². The van der Waals surface area contributed by atoms with Gasteiger partial charge >= 0.3 is 0 Å². The van der Waals surface area contributed by atoms with Crippen molar-refractivity contribution in [2.45, 2.75) is 12.8 Å². The number of ether oxygens (including phenoxy) is 1. The number of fused-ring (bicyclic) bond motifs is 5. The summed E-state index contributed by atoms with van der Waals surface area (Å²) < 4.78 is 5.44. The second-order valence-electron chi connectivity index (χ2n) is 5.16. The number of benzene rings is 2. The number of aromatic amines is 1. The van der Waals surface area contributed by atoms with Crippen LogP contribution in [0, 0.1) is 0 Å². The molecule has 1 aliphatic rings. The number of phenolic OH excluding ortho intramolecular Hbond substituents is 1. The van der Waals surface area contributed by atoms with E-state index in [4.69, 9.17) is 4.74 Å². The van der Waals surface area contributed by atoms with Gasteiger partial charge in [-0.15, -0.1) is 0 Å². The summed E-state index contributed by atoms with van der Waals surface area (Å²) in [5, 5.41) is 11.2. The highest BCUT2D eigenvalue weighted by Crippen LogP contribution is 2.42. The molecule has 4 rings (SSSR count). The van der Waals surface area contributed by atoms with E-state index in [0.29, 0.717) is 5.75 Å². The first kappa shape index (κ1) is 11.4. The Morgan fingerprint density at radius 3 is 2.70 bits per heavy atom. The maximum Gasteiger partial charge on any atom is 0.142 e. The van der Waals surface area contributed by atoms with E-state index in [1.807, 2.05) is 18.2 Å². The number of aryl methyl sites for hydroxylation is 1. The van der Waals surface area contributed by atoms with Gasteiger partial charge in [-0.25, -0.2) is 0 Å². The Hall–Kier alpha value is -2.42. The summed E-state index contributed by atoms with van der Waals surface area (Å²) in [5.74, 6) is 1.25. The zero-order chi connectivity index (χ0) is 13.7. The van der Waals surface area contributed by atoms with Gasteiger partial charge in [-0.2, -0.15) is 0 Å². The highest BCUT2D eigenvalue weighted by atomic mass is 16.5. The van der Waals surface area contributed by atoms with Crippen molar-refractivity contribution in [1.29, 1.82) is 0 Å². The number of rotatable bonds is 1. The van der Waals surface area contributed by atoms with Crippen molar-refractivity contribution in [3.63, 3.8) is 0 Å². The van der Waals surface area contributed by atoms with Gasteiger partial charge in [0.1, 0.15) is 11.5 Å². The Balaban J connectivity index is 2.07. The molecule has 3 nitrogen and oxygen atoms in total. The topological polar surface area (TPSA) is 45.2 Å². The molecule has 3 aromatic rings. The average Bonchev–Trinajstić information content (AvgIpc) is 2.86. The number of hydrogen-bond acceptors (Lipinski definition) is 2. The summed E-state index contributed by atoms with van der Waals surface area (Å²) in [6, 6.07) is 11.8. The molecule has 0 fully saturated rings. The first-order valence-corrected chi connectivity index (χ1v) is 6.78. The van der Waals surface area contributed by atoms with Crippen molar-refractivity contribution in [1.82, 2.24) is 4.98 Å². The van der Waals surface area contributed by atoms with E-state index in [2.05, 4.69) is 17.1 Å². The molecule has 0 aliphatic heterocycles. The Morgan fingerprint density at radius 2 is 1.85 bits per heavy atom. The Bertz CT molecular complexity index is 817. The van der Waals surface area contributed by atoms with E-state index in [-0.39, 0.29) is 0 Å². The fraction of sp³-hybridized carbons (Fsp3) is 0.176. The van der Waals surface area contributed by atoms with Crippen LogP contribution in [0.4, 0.5) is 0 Å². The Labute approximate surface area is 116 Å². The Kier molecular flexibility index (Phi) is 2.30. The standard InChI is InChI=1S/C17H15NO2/c1-20-15-7-3-5-12-13-9-8-10-11(4-2-6-14(10)19)16(13)18-17(12)15/h2-7,18-19H,8-9H2,1H3. The first-order valence-electron chi connectivity index (χ1n) is 6.78. The second kappa shape index (κ2) is 4.04. The molecule has 0 spiro atoms. The third-order valence-corrected chi connectivity index (χ3v) is 4.17. The quantitative estimate of drug-likeness (QED) is 0.705. The fourth-order valence-electron chi connectivity index (χ4n) is 3.23. The SMILES string of the molecule is COc1cccc2c3c([nH]c12)-c1cccc(O)c1CC3. The molecule has 1 heterocycles. The van der Waals surface area contributed by atoms with Gasteiger partial charge in [-0.3, -0.25) is 0 Å². The zero-order valence-corrected chi connectivity index (χ0v) is 11.2. The molecule has 0 unspecified atom stereocenters. The van der Waals surface area contributed by atoms with Gasteiger partial charge in [0.05, 0.1) is 18.3 Å². The lowest BCUT2D eigenvalue weighted by Crippen LogP contribution is -2.02. The highest BCUT2D eigenvalue weighted by Gasteiger charge is 2.23. The minimum atomic E-state index is 0.388. The largest absolute Gasteiger partial charge is 0.508 e. The summed E-state index contributed by atoms with van der Waals surface area (Å²) in [6.45, 7) is 0. The highest BCUT2D eigenvalue weighted by molar-refractivity contribution is 5.95. The predicted octanol–water partition coefficient (Wildman–Crippen LogP) is 3.65. The van der Waals surface area contributed by atoms with E-state index in [9.17, 15) is 5.11 Å². The van der Waals surface area contributed by atoms with Gasteiger partial charge in [0, 0.05) is 16.5 Å². The van der Waals surface area contributed by atoms with Crippen LogP contribution in [0.25, 0.3) is 22.2 Å². The van der Waals surface area contributed by atoms with Crippen molar-refractivity contribution in [3.05, 3.63) is 47.5 Å². The number of aromatic hydroxyl groups is 1. The smallest absolute Gasteiger partial charge is 0.142 e. The van der Waals surface area contributed by atoms with Crippen LogP contribution in [0.1, 0.15) is 11.1 Å². The van der Waals surface area contributed by atoms with Crippen LogP contribution >= 0.6 is 0 Å². The number of H-pyrrole nitrogens is 1. The van der Waals surface area contributed by atoms with Crippen molar-refractivity contribution in [2.24, 2.45) is 0 Å². The summed E-state index contributed by atoms with van der Waals surface area (Å²) in [5.41, 5.74) is 5.60. The molecule has 3 heteroatoms. The fourth-order valence-corrected chi connectivity index (χ4v) is 3.23. The summed E-state index contributed by atoms with van der Waals surface area (Å²) >= 11 is 0. The zero-order valence-electron chi connectivity index (χ0n) is 11.2. The van der Waals surface area contributed by atoms with Crippen LogP contribution in [0.2, 0.25) is 0 Å². The molecule has 2 aromatic carbocycles. The van der Waals surface area contributed by atoms with Gasteiger partial charge in [0.2, 0.25) is 0 Å². The molecule has 0 atom stereocenters. The molecule has 1 aromatic heterocycles. The molecule has 0 saturated carbocycles. The third-order valence-electron chi connectivity index (χ3n) is 4.17. The summed E-state index contributed by atoms with van der Waals surface area (Å²) in [4.78, 5) is 3.48. The van der Waals surface area contributed by atoms with Gasteiger partial charge in [-0.1, -0.05) is 24.3 Å². The van der Waals surface area contributed by atoms with Crippen molar-refractivity contribution >= 4 is 10.9 Å². The molecule has 2 N–H and O–H groups in total. The van der Waals surface area contributed by atoms with Crippen LogP contribution in [0.5, 0.6) is 11.5 Å². The maximum absolute atomic E-state index is 10.0. The molecular weight excluding hydrogens is 250 g/mol. The van der Waals surface area contributed by atoms with Crippen LogP contribution in [-0.2, 0) is 12.8 Å². The average molecular weight is 265 g/mol. The number of hydrogen-bond donors (Lipinski definition) is 2. The lowest BCUT2D eigenvalue weighted by atomic mass is 9.88. The summed E-state index contributed by atoms with van der Waals surface area (Å²) in [6.07, 6.45) is 1.81. The number of phenols is 1. The monoisotopic (exact) mass is 265 g/mol. The number of aromatic nitrogens is 1. The molecule has 0 amide bonds. The molecule has 0 bridgehead atoms. The maximum atomic E-state index is 10.0. The van der Waals surface area contributed by atoms with Crippen molar-refractivity contribution < 1.29 is 9.84 Å². The third kappa shape index (κ3) is 1.40. The molecule has 1 aliphatic carbocycles. The molecule has 100 valence electrons. The minimum absolute atomic E-state index is 0.388. The first-order chi connectivity index (χ1) is 9.79. The molecule has 0 saturated heterocycles. The molecule has 20 heavy (non-hydrogen) atoms. The van der Waals surface area contributed by atoms with Gasteiger partial charge in [0.25, 0.3) is 0 Å². The van der Waals surface area contributed by atoms with Crippen LogP contribution in [0.3, 0.4) is 0 Å². The normalized spacial score (nSPS) is 13.1. The van der Waals surface area contributed by atoms with E-state index < -0.39 is 0 Å². The number of methoxy groups -OCH3 is 1. The van der Waals surface area contributed by atoms with Gasteiger partial charge < -0.3 is 14.8 Å². The van der Waals surface area contributed by atoms with E-state index >= 15 is 0 Å². The second-order valence-corrected chi connectivity index (χ2v) is 5.16. The van der Waals surface area contributed by atoms with E-state index in [1.54, 1.807) is 13.2 Å². The van der Waals surface area contributed by atoms with Crippen molar-refractivity contribution in [3.8, 4) is 22.8 Å². The van der Waals surface area contributed by atoms with E-state index in [1.165, 1.54) is 10.9 Å². The Morgan fingerprint density at radius 1 is 1.05 bits per heavy atom. The summed E-state index contributed by atoms with van der Waals surface area (Å²) in [7, 11) is 1.69.